The van der Waals surface area contributed by atoms with Crippen LogP contribution >= 0.6 is 0 Å². The Morgan fingerprint density at radius 2 is 1.95 bits per heavy atom. The Balaban J connectivity index is 3.78. The molecule has 0 aliphatic heterocycles. The maximum Gasteiger partial charge on any atom is 0.314 e. The number of hydrogen-bond acceptors (Lipinski definition) is 3. The molecule has 3 N–H and O–H groups in total. The topological polar surface area (TPSA) is 87.7 Å². The molecule has 0 saturated carbocycles. The molecular weight excluding hydrogens is 248 g/mol. The van der Waals surface area contributed by atoms with Crippen LogP contribution in [-0.4, -0.2) is 43.4 Å². The van der Waals surface area contributed by atoms with Gasteiger partial charge in [-0.2, -0.15) is 0 Å². The molecule has 0 rings (SSSR count). The smallest absolute Gasteiger partial charge is 0.314 e. The van der Waals surface area contributed by atoms with E-state index in [0.29, 0.717) is 32.1 Å². The van der Waals surface area contributed by atoms with E-state index in [-0.39, 0.29) is 12.6 Å². The SMILES string of the molecule is CCC(C)(CNC(=O)NCCOCC(C)C)C(=O)O. The van der Waals surface area contributed by atoms with E-state index in [2.05, 4.69) is 24.5 Å². The highest BCUT2D eigenvalue weighted by Crippen LogP contribution is 2.19. The molecule has 0 fully saturated rings. The predicted molar refractivity (Wildman–Crippen MR) is 73.1 cm³/mol. The van der Waals surface area contributed by atoms with Crippen molar-refractivity contribution >= 4 is 12.0 Å². The summed E-state index contributed by atoms with van der Waals surface area (Å²) in [7, 11) is 0. The molecule has 0 heterocycles. The van der Waals surface area contributed by atoms with E-state index in [1.165, 1.54) is 0 Å². The lowest BCUT2D eigenvalue weighted by Crippen LogP contribution is -2.45. The van der Waals surface area contributed by atoms with E-state index in [9.17, 15) is 9.59 Å². The highest BCUT2D eigenvalue weighted by Gasteiger charge is 2.31. The molecule has 1 unspecified atom stereocenters. The van der Waals surface area contributed by atoms with Gasteiger partial charge in [0.25, 0.3) is 0 Å². The van der Waals surface area contributed by atoms with Crippen LogP contribution in [0.4, 0.5) is 4.79 Å². The first-order valence-corrected chi connectivity index (χ1v) is 6.64. The second-order valence-electron chi connectivity index (χ2n) is 5.30. The molecule has 0 radical (unpaired) electrons. The molecule has 6 heteroatoms. The van der Waals surface area contributed by atoms with Crippen LogP contribution in [0.5, 0.6) is 0 Å². The molecule has 19 heavy (non-hydrogen) atoms. The van der Waals surface area contributed by atoms with Gasteiger partial charge in [-0.1, -0.05) is 20.8 Å². The van der Waals surface area contributed by atoms with Gasteiger partial charge in [-0.25, -0.2) is 4.79 Å². The molecule has 0 aliphatic carbocycles. The zero-order valence-corrected chi connectivity index (χ0v) is 12.3. The molecule has 6 nitrogen and oxygen atoms in total. The lowest BCUT2D eigenvalue weighted by atomic mass is 9.88. The number of nitrogens with one attached hydrogen (secondary N) is 2. The van der Waals surface area contributed by atoms with Crippen LogP contribution in [0.2, 0.25) is 0 Å². The maximum absolute atomic E-state index is 11.5. The first-order chi connectivity index (χ1) is 8.81. The van der Waals surface area contributed by atoms with Crippen molar-refractivity contribution in [3.05, 3.63) is 0 Å². The molecular formula is C13H26N2O4. The van der Waals surface area contributed by atoms with Crippen molar-refractivity contribution in [2.45, 2.75) is 34.1 Å². The van der Waals surface area contributed by atoms with E-state index in [1.807, 2.05) is 0 Å². The van der Waals surface area contributed by atoms with Gasteiger partial charge in [0.2, 0.25) is 0 Å². The minimum atomic E-state index is -0.925. The van der Waals surface area contributed by atoms with Crippen molar-refractivity contribution in [3.8, 4) is 0 Å². The standard InChI is InChI=1S/C13H26N2O4/c1-5-13(4,11(16)17)9-15-12(18)14-6-7-19-8-10(2)3/h10H,5-9H2,1-4H3,(H,16,17)(H2,14,15,18). The van der Waals surface area contributed by atoms with E-state index in [1.54, 1.807) is 13.8 Å². The van der Waals surface area contributed by atoms with Crippen molar-refractivity contribution in [2.75, 3.05) is 26.3 Å². The van der Waals surface area contributed by atoms with E-state index in [0.717, 1.165) is 0 Å². The van der Waals surface area contributed by atoms with Crippen molar-refractivity contribution in [1.29, 1.82) is 0 Å². The number of carbonyl (C=O) groups excluding carboxylic acids is 1. The number of urea groups is 1. The summed E-state index contributed by atoms with van der Waals surface area (Å²) in [6.45, 7) is 9.14. The zero-order chi connectivity index (χ0) is 14.9. The third-order valence-electron chi connectivity index (χ3n) is 2.92. The van der Waals surface area contributed by atoms with Crippen LogP contribution in [-0.2, 0) is 9.53 Å². The van der Waals surface area contributed by atoms with E-state index < -0.39 is 11.4 Å². The van der Waals surface area contributed by atoms with E-state index in [4.69, 9.17) is 9.84 Å². The van der Waals surface area contributed by atoms with Crippen molar-refractivity contribution < 1.29 is 19.4 Å². The van der Waals surface area contributed by atoms with Crippen molar-refractivity contribution in [3.63, 3.8) is 0 Å². The molecule has 0 bridgehead atoms. The second kappa shape index (κ2) is 8.74. The summed E-state index contributed by atoms with van der Waals surface area (Å²) in [6, 6.07) is -0.367. The quantitative estimate of drug-likeness (QED) is 0.555. The number of ether oxygens (including phenoxy) is 1. The van der Waals surface area contributed by atoms with Crippen LogP contribution in [0.3, 0.4) is 0 Å². The average molecular weight is 274 g/mol. The van der Waals surface area contributed by atoms with Gasteiger partial charge < -0.3 is 20.5 Å². The highest BCUT2D eigenvalue weighted by atomic mass is 16.5. The molecule has 0 spiro atoms. The minimum Gasteiger partial charge on any atom is -0.481 e. The first-order valence-electron chi connectivity index (χ1n) is 6.64. The number of amides is 2. The third-order valence-corrected chi connectivity index (χ3v) is 2.92. The summed E-state index contributed by atoms with van der Waals surface area (Å²) in [5, 5.41) is 14.2. The lowest BCUT2D eigenvalue weighted by Gasteiger charge is -2.23. The van der Waals surface area contributed by atoms with Crippen molar-refractivity contribution in [2.24, 2.45) is 11.3 Å². The summed E-state index contributed by atoms with van der Waals surface area (Å²) in [6.07, 6.45) is 0.458. The average Bonchev–Trinajstić information content (AvgIpc) is 2.34. The van der Waals surface area contributed by atoms with Gasteiger partial charge in [-0.15, -0.1) is 0 Å². The van der Waals surface area contributed by atoms with Crippen molar-refractivity contribution in [1.82, 2.24) is 10.6 Å². The summed E-state index contributed by atoms with van der Waals surface area (Å²) in [5.74, 6) is -0.440. The molecule has 2 amide bonds. The first kappa shape index (κ1) is 17.7. The number of hydrogen-bond donors (Lipinski definition) is 3. The fraction of sp³-hybridized carbons (Fsp3) is 0.846. The Kier molecular flexibility index (Phi) is 8.14. The summed E-state index contributed by atoms with van der Waals surface area (Å²) in [4.78, 5) is 22.5. The Morgan fingerprint density at radius 3 is 2.42 bits per heavy atom. The Labute approximate surface area is 114 Å². The monoisotopic (exact) mass is 274 g/mol. The van der Waals surface area contributed by atoms with E-state index >= 15 is 0 Å². The van der Waals surface area contributed by atoms with Gasteiger partial charge in [0, 0.05) is 19.7 Å². The fourth-order valence-electron chi connectivity index (χ4n) is 1.25. The Morgan fingerprint density at radius 1 is 1.32 bits per heavy atom. The fourth-order valence-corrected chi connectivity index (χ4v) is 1.25. The number of carboxylic acid groups (broad SMARTS) is 1. The molecule has 0 saturated heterocycles. The number of rotatable bonds is 9. The van der Waals surface area contributed by atoms with Crippen LogP contribution in [0, 0.1) is 11.3 Å². The Bertz CT molecular complexity index is 294. The molecule has 1 atom stereocenters. The van der Waals surface area contributed by atoms with Gasteiger partial charge >= 0.3 is 12.0 Å². The summed E-state index contributed by atoms with van der Waals surface area (Å²) >= 11 is 0. The molecule has 0 aromatic carbocycles. The summed E-state index contributed by atoms with van der Waals surface area (Å²) < 4.78 is 5.31. The molecule has 112 valence electrons. The van der Waals surface area contributed by atoms with Gasteiger partial charge in [0.15, 0.2) is 0 Å². The van der Waals surface area contributed by atoms with Gasteiger partial charge in [0.1, 0.15) is 0 Å². The van der Waals surface area contributed by atoms with Gasteiger partial charge in [-0.05, 0) is 19.3 Å². The highest BCUT2D eigenvalue weighted by molar-refractivity contribution is 5.77. The number of aliphatic carboxylic acids is 1. The Hall–Kier alpha value is -1.30. The van der Waals surface area contributed by atoms with Gasteiger partial charge in [0.05, 0.1) is 12.0 Å². The molecule has 0 aromatic rings. The van der Waals surface area contributed by atoms with Crippen LogP contribution in [0.25, 0.3) is 0 Å². The second-order valence-corrected chi connectivity index (χ2v) is 5.30. The minimum absolute atomic E-state index is 0.109. The lowest BCUT2D eigenvalue weighted by molar-refractivity contribution is -0.147. The zero-order valence-electron chi connectivity index (χ0n) is 12.3. The molecule has 0 aromatic heterocycles. The van der Waals surface area contributed by atoms with Crippen LogP contribution in [0.15, 0.2) is 0 Å². The normalized spacial score (nSPS) is 13.9. The largest absolute Gasteiger partial charge is 0.481 e. The van der Waals surface area contributed by atoms with Gasteiger partial charge in [-0.3, -0.25) is 4.79 Å². The third kappa shape index (κ3) is 7.66. The summed E-state index contributed by atoms with van der Waals surface area (Å²) in [5.41, 5.74) is -0.925. The predicted octanol–water partition coefficient (Wildman–Crippen LogP) is 1.46. The van der Waals surface area contributed by atoms with Crippen LogP contribution in [0.1, 0.15) is 34.1 Å². The maximum atomic E-state index is 11.5. The molecule has 0 aliphatic rings. The number of carbonyl (C=O) groups is 2. The number of carboxylic acids is 1. The van der Waals surface area contributed by atoms with Crippen LogP contribution < -0.4 is 10.6 Å².